The number of aryl methyl sites for hydroxylation is 1. The number of aromatic carboxylic acids is 1. The van der Waals surface area contributed by atoms with Gasteiger partial charge in [-0.3, -0.25) is 4.98 Å². The Morgan fingerprint density at radius 1 is 1.28 bits per heavy atom. The second kappa shape index (κ2) is 6.59. The zero-order valence-corrected chi connectivity index (χ0v) is 14.9. The van der Waals surface area contributed by atoms with Crippen LogP contribution < -0.4 is 4.74 Å². The maximum Gasteiger partial charge on any atom is 0.352 e. The topological polar surface area (TPSA) is 64.3 Å². The minimum absolute atomic E-state index is 0.240. The summed E-state index contributed by atoms with van der Waals surface area (Å²) in [5.41, 5.74) is 4.13. The number of ether oxygens (including phenoxy) is 1. The predicted molar refractivity (Wildman–Crippen MR) is 97.6 cm³/mol. The number of hydrogen-bond donors (Lipinski definition) is 1. The number of fused-ring (bicyclic) bond motifs is 1. The Kier molecular flexibility index (Phi) is 4.49. The van der Waals surface area contributed by atoms with Gasteiger partial charge in [0.25, 0.3) is 0 Å². The summed E-state index contributed by atoms with van der Waals surface area (Å²) in [5, 5.41) is 10.5. The molecular weight excluding hydrogens is 316 g/mol. The molecule has 0 unspecified atom stereocenters. The molecule has 0 fully saturated rings. The zero-order chi connectivity index (χ0) is 18.1. The van der Waals surface area contributed by atoms with Gasteiger partial charge >= 0.3 is 5.97 Å². The van der Waals surface area contributed by atoms with Crippen molar-refractivity contribution in [3.63, 3.8) is 0 Å². The van der Waals surface area contributed by atoms with Crippen LogP contribution in [0.25, 0.3) is 10.9 Å². The molecule has 1 aromatic carbocycles. The molecule has 0 aliphatic carbocycles. The average molecular weight is 338 g/mol. The lowest BCUT2D eigenvalue weighted by Crippen LogP contribution is -2.11. The number of hydrogen-bond acceptors (Lipinski definition) is 3. The Bertz CT molecular complexity index is 924. The van der Waals surface area contributed by atoms with Crippen LogP contribution in [0.2, 0.25) is 0 Å². The summed E-state index contributed by atoms with van der Waals surface area (Å²) < 4.78 is 7.28. The van der Waals surface area contributed by atoms with E-state index in [2.05, 4.69) is 18.8 Å². The van der Waals surface area contributed by atoms with Gasteiger partial charge in [-0.05, 0) is 42.2 Å². The second-order valence-corrected chi connectivity index (χ2v) is 6.52. The first-order valence-electron chi connectivity index (χ1n) is 8.27. The van der Waals surface area contributed by atoms with E-state index in [4.69, 9.17) is 4.74 Å². The van der Waals surface area contributed by atoms with E-state index in [0.717, 1.165) is 27.7 Å². The highest BCUT2D eigenvalue weighted by molar-refractivity contribution is 5.98. The zero-order valence-electron chi connectivity index (χ0n) is 14.9. The lowest BCUT2D eigenvalue weighted by Gasteiger charge is -2.15. The lowest BCUT2D eigenvalue weighted by atomic mass is 10.00. The van der Waals surface area contributed by atoms with Crippen LogP contribution in [-0.4, -0.2) is 27.7 Å². The molecule has 0 aliphatic heterocycles. The van der Waals surface area contributed by atoms with Gasteiger partial charge < -0.3 is 14.4 Å². The molecule has 0 radical (unpaired) electrons. The summed E-state index contributed by atoms with van der Waals surface area (Å²) in [4.78, 5) is 16.3. The van der Waals surface area contributed by atoms with Crippen LogP contribution in [0.15, 0.2) is 36.5 Å². The van der Waals surface area contributed by atoms with Gasteiger partial charge in [0.05, 0.1) is 24.9 Å². The number of carbonyl (C=O) groups is 1. The van der Waals surface area contributed by atoms with E-state index in [1.54, 1.807) is 19.4 Å². The van der Waals surface area contributed by atoms with E-state index in [9.17, 15) is 9.90 Å². The molecule has 2 aromatic heterocycles. The van der Waals surface area contributed by atoms with Crippen molar-refractivity contribution in [1.29, 1.82) is 0 Å². The molecule has 0 saturated carbocycles. The van der Waals surface area contributed by atoms with Crippen molar-refractivity contribution in [2.75, 3.05) is 7.11 Å². The highest BCUT2D eigenvalue weighted by Crippen LogP contribution is 2.35. The summed E-state index contributed by atoms with van der Waals surface area (Å²) in [6.07, 6.45) is 1.80. The maximum atomic E-state index is 11.8. The Morgan fingerprint density at radius 3 is 2.60 bits per heavy atom. The predicted octanol–water partition coefficient (Wildman–Crippen LogP) is 4.22. The molecular formula is C20H22N2O3. The second-order valence-electron chi connectivity index (χ2n) is 6.52. The van der Waals surface area contributed by atoms with E-state index in [1.165, 1.54) is 0 Å². The first kappa shape index (κ1) is 17.0. The lowest BCUT2D eigenvalue weighted by molar-refractivity contribution is 0.0686. The van der Waals surface area contributed by atoms with E-state index in [1.807, 2.05) is 35.8 Å². The molecule has 5 heteroatoms. The van der Waals surface area contributed by atoms with Gasteiger partial charge in [0, 0.05) is 11.6 Å². The highest BCUT2D eigenvalue weighted by atomic mass is 16.5. The van der Waals surface area contributed by atoms with E-state index in [0.29, 0.717) is 12.3 Å². The summed E-state index contributed by atoms with van der Waals surface area (Å²) >= 11 is 0. The molecule has 5 nitrogen and oxygen atoms in total. The van der Waals surface area contributed by atoms with Crippen molar-refractivity contribution in [2.45, 2.75) is 33.2 Å². The third kappa shape index (κ3) is 3.09. The maximum absolute atomic E-state index is 11.8. The first-order chi connectivity index (χ1) is 11.9. The van der Waals surface area contributed by atoms with Crippen molar-refractivity contribution < 1.29 is 14.6 Å². The van der Waals surface area contributed by atoms with E-state index < -0.39 is 5.97 Å². The van der Waals surface area contributed by atoms with Crippen molar-refractivity contribution in [1.82, 2.24) is 9.55 Å². The van der Waals surface area contributed by atoms with Gasteiger partial charge in [-0.15, -0.1) is 0 Å². The molecule has 0 saturated heterocycles. The Labute approximate surface area is 146 Å². The Balaban J connectivity index is 2.28. The molecule has 3 rings (SSSR count). The van der Waals surface area contributed by atoms with Crippen LogP contribution in [0.5, 0.6) is 5.75 Å². The third-order valence-corrected chi connectivity index (χ3v) is 4.40. The van der Waals surface area contributed by atoms with Gasteiger partial charge in [-0.2, -0.15) is 0 Å². The fourth-order valence-corrected chi connectivity index (χ4v) is 3.12. The number of methoxy groups -OCH3 is 1. The van der Waals surface area contributed by atoms with Gasteiger partial charge in [0.1, 0.15) is 11.4 Å². The molecule has 0 bridgehead atoms. The highest BCUT2D eigenvalue weighted by Gasteiger charge is 2.21. The summed E-state index contributed by atoms with van der Waals surface area (Å²) in [6, 6.07) is 9.52. The number of carboxylic acids is 1. The van der Waals surface area contributed by atoms with Crippen molar-refractivity contribution in [2.24, 2.45) is 0 Å². The van der Waals surface area contributed by atoms with Gasteiger partial charge in [0.15, 0.2) is 0 Å². The minimum Gasteiger partial charge on any atom is -0.496 e. The summed E-state index contributed by atoms with van der Waals surface area (Å²) in [6.45, 7) is 6.58. The van der Waals surface area contributed by atoms with Crippen LogP contribution in [-0.2, 0) is 6.54 Å². The Morgan fingerprint density at radius 2 is 2.04 bits per heavy atom. The molecule has 130 valence electrons. The average Bonchev–Trinajstić information content (AvgIpc) is 2.95. The standard InChI is InChI=1S/C20H22N2O3/c1-12(2)15-7-8-18(25-4)16-9-17(20(23)24)22(19(15)16)11-14-6-5-13(3)10-21-14/h5-10,12H,11H2,1-4H3,(H,23,24). The molecule has 0 aliphatic rings. The Hall–Kier alpha value is -2.82. The van der Waals surface area contributed by atoms with Crippen molar-refractivity contribution in [3.05, 3.63) is 59.0 Å². The number of benzene rings is 1. The number of nitrogens with zero attached hydrogens (tertiary/aromatic N) is 2. The third-order valence-electron chi connectivity index (χ3n) is 4.40. The van der Waals surface area contributed by atoms with Crippen molar-refractivity contribution >= 4 is 16.9 Å². The molecule has 25 heavy (non-hydrogen) atoms. The monoisotopic (exact) mass is 338 g/mol. The minimum atomic E-state index is -0.958. The quantitative estimate of drug-likeness (QED) is 0.756. The van der Waals surface area contributed by atoms with Crippen molar-refractivity contribution in [3.8, 4) is 5.75 Å². The van der Waals surface area contributed by atoms with Crippen LogP contribution in [0.3, 0.4) is 0 Å². The number of aromatic nitrogens is 2. The fourth-order valence-electron chi connectivity index (χ4n) is 3.12. The molecule has 3 aromatic rings. The van der Waals surface area contributed by atoms with E-state index in [-0.39, 0.29) is 11.6 Å². The molecule has 0 amide bonds. The first-order valence-corrected chi connectivity index (χ1v) is 8.27. The van der Waals surface area contributed by atoms with Gasteiger partial charge in [0.2, 0.25) is 0 Å². The number of carboxylic acid groups (broad SMARTS) is 1. The molecule has 1 N–H and O–H groups in total. The number of pyridine rings is 1. The normalized spacial score (nSPS) is 11.2. The van der Waals surface area contributed by atoms with Gasteiger partial charge in [-0.1, -0.05) is 26.0 Å². The SMILES string of the molecule is COc1ccc(C(C)C)c2c1cc(C(=O)O)n2Cc1ccc(C)cn1. The molecule has 0 atom stereocenters. The molecule has 0 spiro atoms. The largest absolute Gasteiger partial charge is 0.496 e. The van der Waals surface area contributed by atoms with Crippen LogP contribution in [0.4, 0.5) is 0 Å². The number of rotatable bonds is 5. The molecule has 2 heterocycles. The van der Waals surface area contributed by atoms with Crippen LogP contribution >= 0.6 is 0 Å². The summed E-state index contributed by atoms with van der Waals surface area (Å²) in [5.74, 6) is -0.0211. The fraction of sp³-hybridized carbons (Fsp3) is 0.300. The van der Waals surface area contributed by atoms with Crippen LogP contribution in [0, 0.1) is 6.92 Å². The van der Waals surface area contributed by atoms with E-state index >= 15 is 0 Å². The summed E-state index contributed by atoms with van der Waals surface area (Å²) in [7, 11) is 1.60. The smallest absolute Gasteiger partial charge is 0.352 e. The van der Waals surface area contributed by atoms with Crippen LogP contribution in [0.1, 0.15) is 47.1 Å². The van der Waals surface area contributed by atoms with Gasteiger partial charge in [-0.25, -0.2) is 4.79 Å².